The fourth-order valence-corrected chi connectivity index (χ4v) is 5.61. The van der Waals surface area contributed by atoms with Gasteiger partial charge >= 0.3 is 0 Å². The Balaban J connectivity index is 1.09. The molecule has 1 aliphatic heterocycles. The number of aliphatic imine (C=N–C) groups is 1. The molecule has 1 saturated carbocycles. The number of aliphatic hydroxyl groups is 2. The van der Waals surface area contributed by atoms with Crippen molar-refractivity contribution in [3.8, 4) is 0 Å². The van der Waals surface area contributed by atoms with E-state index in [1.54, 1.807) is 22.7 Å². The first-order valence-corrected chi connectivity index (χ1v) is 14.8. The summed E-state index contributed by atoms with van der Waals surface area (Å²) in [5, 5.41) is 27.9. The normalized spacial score (nSPS) is 23.4. The molecule has 0 amide bonds. The smallest absolute Gasteiger partial charge is 0.188 e. The Bertz CT molecular complexity index is 1220. The van der Waals surface area contributed by atoms with Gasteiger partial charge in [-0.05, 0) is 49.3 Å². The summed E-state index contributed by atoms with van der Waals surface area (Å²) in [7, 11) is 0. The van der Waals surface area contributed by atoms with Crippen molar-refractivity contribution in [2.24, 2.45) is 16.6 Å². The number of rotatable bonds is 14. The van der Waals surface area contributed by atoms with Crippen LogP contribution in [0.25, 0.3) is 11.2 Å². The molecule has 0 bridgehead atoms. The van der Waals surface area contributed by atoms with Crippen LogP contribution in [0, 0.1) is 5.92 Å². The van der Waals surface area contributed by atoms with Crippen molar-refractivity contribution in [1.82, 2.24) is 24.8 Å². The molecule has 0 spiro atoms. The highest BCUT2D eigenvalue weighted by Gasteiger charge is 2.44. The van der Waals surface area contributed by atoms with Crippen LogP contribution >= 0.6 is 11.8 Å². The van der Waals surface area contributed by atoms with Gasteiger partial charge in [-0.2, -0.15) is 11.8 Å². The minimum Gasteiger partial charge on any atom is -0.387 e. The van der Waals surface area contributed by atoms with Gasteiger partial charge in [-0.15, -0.1) is 0 Å². The van der Waals surface area contributed by atoms with Crippen molar-refractivity contribution in [3.05, 3.63) is 48.5 Å². The van der Waals surface area contributed by atoms with Gasteiger partial charge in [0.25, 0.3) is 0 Å². The largest absolute Gasteiger partial charge is 0.387 e. The minimum atomic E-state index is -1.09. The van der Waals surface area contributed by atoms with Crippen molar-refractivity contribution >= 4 is 34.7 Å². The number of aliphatic hydroxyl groups excluding tert-OH is 2. The maximum absolute atomic E-state index is 10.8. The fourth-order valence-electron chi connectivity index (χ4n) is 4.58. The van der Waals surface area contributed by atoms with Crippen LogP contribution in [0.3, 0.4) is 0 Å². The van der Waals surface area contributed by atoms with Crippen LogP contribution in [-0.2, 0) is 11.2 Å². The minimum absolute atomic E-state index is 0.497. The summed E-state index contributed by atoms with van der Waals surface area (Å²) in [6.45, 7) is 2.30. The average molecular weight is 555 g/mol. The molecule has 0 radical (unpaired) electrons. The van der Waals surface area contributed by atoms with Gasteiger partial charge in [-0.25, -0.2) is 15.0 Å². The Morgan fingerprint density at radius 1 is 1.10 bits per heavy atom. The summed E-state index contributed by atoms with van der Waals surface area (Å²) in [6, 6.07) is 10.4. The van der Waals surface area contributed by atoms with E-state index in [2.05, 4.69) is 42.7 Å². The van der Waals surface area contributed by atoms with Crippen molar-refractivity contribution in [2.75, 3.05) is 36.5 Å². The Morgan fingerprint density at radius 2 is 1.95 bits per heavy atom. The average Bonchev–Trinajstić information content (AvgIpc) is 3.63. The van der Waals surface area contributed by atoms with E-state index in [0.29, 0.717) is 28.7 Å². The van der Waals surface area contributed by atoms with E-state index >= 15 is 0 Å². The quantitative estimate of drug-likeness (QED) is 0.113. The molecule has 3 heterocycles. The Hall–Kier alpha value is -2.93. The lowest BCUT2D eigenvalue weighted by Gasteiger charge is -2.16. The first-order chi connectivity index (χ1) is 19.1. The van der Waals surface area contributed by atoms with E-state index in [-0.39, 0.29) is 0 Å². The number of aromatic nitrogens is 4. The first-order valence-electron chi connectivity index (χ1n) is 13.7. The molecule has 2 aromatic heterocycles. The van der Waals surface area contributed by atoms with Gasteiger partial charge < -0.3 is 31.3 Å². The van der Waals surface area contributed by atoms with Gasteiger partial charge in [0.05, 0.1) is 12.4 Å². The number of nitrogens with zero attached hydrogens (tertiary/aromatic N) is 5. The summed E-state index contributed by atoms with van der Waals surface area (Å²) in [4.78, 5) is 17.6. The lowest BCUT2D eigenvalue weighted by Crippen LogP contribution is -2.33. The van der Waals surface area contributed by atoms with E-state index < -0.39 is 24.5 Å². The first kappa shape index (κ1) is 27.6. The van der Waals surface area contributed by atoms with Crippen LogP contribution in [0.2, 0.25) is 0 Å². The zero-order valence-electron chi connectivity index (χ0n) is 22.0. The predicted molar refractivity (Wildman–Crippen MR) is 154 cm³/mol. The standard InChI is InChI=1S/C27H38N8O3S/c28-27(31-14-19-9-10-19)30-12-5-13-39-15-20-22(36)23(37)26(38-20)35-17-34-21-24(32-16-33-25(21)35)29-11-4-8-18-6-2-1-3-7-18/h1-3,6-7,16-17,19-20,22-23,26,36-37H,4-5,8-15H2,(H3,28,30,31)(H,29,32,33)/t20-,22-,23-,26-/m1/s1. The van der Waals surface area contributed by atoms with Crippen molar-refractivity contribution in [2.45, 2.75) is 56.6 Å². The van der Waals surface area contributed by atoms with Gasteiger partial charge in [-0.3, -0.25) is 9.56 Å². The highest BCUT2D eigenvalue weighted by molar-refractivity contribution is 7.99. The number of hydrogen-bond acceptors (Lipinski definition) is 9. The number of ether oxygens (including phenoxy) is 1. The Kier molecular flexibility index (Phi) is 9.51. The second-order valence-corrected chi connectivity index (χ2v) is 11.3. The maximum Gasteiger partial charge on any atom is 0.188 e. The molecule has 6 N–H and O–H groups in total. The molecule has 2 fully saturated rings. The zero-order chi connectivity index (χ0) is 27.0. The molecule has 210 valence electrons. The molecule has 2 aliphatic rings. The summed E-state index contributed by atoms with van der Waals surface area (Å²) in [5.41, 5.74) is 8.34. The third kappa shape index (κ3) is 7.38. The predicted octanol–water partition coefficient (Wildman–Crippen LogP) is 1.93. The Labute approximate surface area is 232 Å². The van der Waals surface area contributed by atoms with Crippen LogP contribution in [0.1, 0.15) is 37.5 Å². The second-order valence-electron chi connectivity index (χ2n) is 10.1. The number of anilines is 1. The molecule has 5 rings (SSSR count). The van der Waals surface area contributed by atoms with E-state index in [1.165, 1.54) is 24.7 Å². The van der Waals surface area contributed by atoms with Crippen LogP contribution in [0.5, 0.6) is 0 Å². The molecule has 12 heteroatoms. The highest BCUT2D eigenvalue weighted by Crippen LogP contribution is 2.33. The van der Waals surface area contributed by atoms with Crippen LogP contribution < -0.4 is 16.4 Å². The van der Waals surface area contributed by atoms with E-state index in [9.17, 15) is 10.2 Å². The number of hydrogen-bond donors (Lipinski definition) is 5. The molecular weight excluding hydrogens is 516 g/mol. The SMILES string of the molecule is NC(=NCC1CC1)NCCCSC[C@H]1O[C@@H](n2cnc3c(NCCCc4ccccc4)ncnc32)[C@H](O)[C@@H]1O. The molecule has 4 atom stereocenters. The van der Waals surface area contributed by atoms with E-state index in [1.807, 2.05) is 18.2 Å². The molecule has 0 unspecified atom stereocenters. The molecule has 1 aromatic carbocycles. The van der Waals surface area contributed by atoms with Crippen molar-refractivity contribution in [1.29, 1.82) is 0 Å². The lowest BCUT2D eigenvalue weighted by molar-refractivity contribution is -0.0289. The number of guanidine groups is 1. The third-order valence-corrected chi connectivity index (χ3v) is 8.16. The van der Waals surface area contributed by atoms with Crippen LogP contribution in [-0.4, -0.2) is 85.1 Å². The molecule has 3 aromatic rings. The molecule has 39 heavy (non-hydrogen) atoms. The summed E-state index contributed by atoms with van der Waals surface area (Å²) >= 11 is 1.67. The second kappa shape index (κ2) is 13.4. The number of thioether (sulfide) groups is 1. The molecule has 11 nitrogen and oxygen atoms in total. The van der Waals surface area contributed by atoms with Crippen molar-refractivity contribution < 1.29 is 14.9 Å². The van der Waals surface area contributed by atoms with Gasteiger partial charge in [0.2, 0.25) is 0 Å². The highest BCUT2D eigenvalue weighted by atomic mass is 32.2. The maximum atomic E-state index is 10.8. The zero-order valence-corrected chi connectivity index (χ0v) is 22.8. The topological polar surface area (TPSA) is 156 Å². The Morgan fingerprint density at radius 3 is 2.77 bits per heavy atom. The van der Waals surface area contributed by atoms with Gasteiger partial charge in [-0.1, -0.05) is 30.3 Å². The molecule has 1 aliphatic carbocycles. The summed E-state index contributed by atoms with van der Waals surface area (Å²) in [6.07, 6.45) is 5.04. The van der Waals surface area contributed by atoms with Crippen LogP contribution in [0.4, 0.5) is 5.82 Å². The number of benzene rings is 1. The summed E-state index contributed by atoms with van der Waals surface area (Å²) < 4.78 is 7.78. The number of nitrogens with one attached hydrogen (secondary N) is 2. The molecule has 1 saturated heterocycles. The number of fused-ring (bicyclic) bond motifs is 1. The summed E-state index contributed by atoms with van der Waals surface area (Å²) in [5.74, 6) is 3.31. The monoisotopic (exact) mass is 554 g/mol. The third-order valence-electron chi connectivity index (χ3n) is 7.02. The van der Waals surface area contributed by atoms with Gasteiger partial charge in [0.1, 0.15) is 18.5 Å². The van der Waals surface area contributed by atoms with Gasteiger partial charge in [0, 0.05) is 25.4 Å². The van der Waals surface area contributed by atoms with Crippen molar-refractivity contribution in [3.63, 3.8) is 0 Å². The number of nitrogens with two attached hydrogens (primary N) is 1. The fraction of sp³-hybridized carbons (Fsp3) is 0.556. The van der Waals surface area contributed by atoms with E-state index in [4.69, 9.17) is 10.5 Å². The van der Waals surface area contributed by atoms with Crippen LogP contribution in [0.15, 0.2) is 48.0 Å². The van der Waals surface area contributed by atoms with E-state index in [0.717, 1.165) is 50.6 Å². The number of aryl methyl sites for hydroxylation is 1. The molecular formula is C27H38N8O3S. The van der Waals surface area contributed by atoms with Gasteiger partial charge in [0.15, 0.2) is 29.2 Å². The lowest BCUT2D eigenvalue weighted by atomic mass is 10.1. The number of imidazole rings is 1.